The molecule has 0 unspecified atom stereocenters. The first kappa shape index (κ1) is 14.0. The minimum Gasteiger partial charge on any atom is -0.497 e. The first-order valence-corrected chi connectivity index (χ1v) is 6.75. The Hall–Kier alpha value is -1.40. The monoisotopic (exact) mass is 340 g/mol. The third-order valence-electron chi connectivity index (χ3n) is 2.66. The predicted molar refractivity (Wildman–Crippen MR) is 80.4 cm³/mol. The highest BCUT2D eigenvalue weighted by Gasteiger charge is 2.08. The quantitative estimate of drug-likeness (QED) is 0.861. The van der Waals surface area contributed by atoms with Crippen molar-refractivity contribution in [3.8, 4) is 22.9 Å². The third-order valence-corrected chi connectivity index (χ3v) is 4.19. The van der Waals surface area contributed by atoms with Crippen LogP contribution in [0.15, 0.2) is 22.7 Å². The zero-order chi connectivity index (χ0) is 14.0. The van der Waals surface area contributed by atoms with Crippen molar-refractivity contribution in [2.24, 2.45) is 0 Å². The van der Waals surface area contributed by atoms with Gasteiger partial charge < -0.3 is 14.5 Å². The van der Waals surface area contributed by atoms with Crippen LogP contribution in [-0.4, -0.2) is 24.2 Å². The second kappa shape index (κ2) is 5.71. The minimum atomic E-state index is 0.521. The van der Waals surface area contributed by atoms with E-state index in [1.54, 1.807) is 14.2 Å². The van der Waals surface area contributed by atoms with Crippen LogP contribution in [-0.2, 0) is 0 Å². The summed E-state index contributed by atoms with van der Waals surface area (Å²) in [5.74, 6) is 2.09. The van der Waals surface area contributed by atoms with Crippen molar-refractivity contribution < 1.29 is 9.47 Å². The molecule has 0 bridgehead atoms. The maximum atomic E-state index is 5.25. The molecule has 0 radical (unpaired) electrons. The molecule has 1 aromatic heterocycles. The molecule has 1 aromatic carbocycles. The van der Waals surface area contributed by atoms with Crippen molar-refractivity contribution >= 4 is 28.1 Å². The molecule has 100 valence electrons. The summed E-state index contributed by atoms with van der Waals surface area (Å²) >= 11 is 8.61. The van der Waals surface area contributed by atoms with Gasteiger partial charge in [0.2, 0.25) is 0 Å². The summed E-state index contributed by atoms with van der Waals surface area (Å²) in [4.78, 5) is 7.56. The van der Waals surface area contributed by atoms with Crippen LogP contribution in [0.4, 0.5) is 0 Å². The van der Waals surface area contributed by atoms with Crippen LogP contribution >= 0.6 is 28.1 Å². The van der Waals surface area contributed by atoms with Gasteiger partial charge in [0.05, 0.1) is 18.7 Å². The first-order valence-electron chi connectivity index (χ1n) is 5.55. The number of H-pyrrole nitrogens is 1. The van der Waals surface area contributed by atoms with Gasteiger partial charge in [-0.15, -0.1) is 0 Å². The number of rotatable bonds is 3. The average Bonchev–Trinajstić information content (AvgIpc) is 2.43. The number of nitrogens with zero attached hydrogens (tertiary/aromatic N) is 1. The average molecular weight is 341 g/mol. The van der Waals surface area contributed by atoms with Gasteiger partial charge in [0.1, 0.15) is 22.0 Å². The van der Waals surface area contributed by atoms with Crippen molar-refractivity contribution in [3.05, 3.63) is 33.0 Å². The lowest BCUT2D eigenvalue weighted by atomic mass is 10.2. The van der Waals surface area contributed by atoms with E-state index in [9.17, 15) is 0 Å². The SMILES string of the molecule is COc1cc(OC)cc(-c2nc(=S)c(Br)c(C)[nH]2)c1. The van der Waals surface area contributed by atoms with E-state index < -0.39 is 0 Å². The summed E-state index contributed by atoms with van der Waals surface area (Å²) in [6.07, 6.45) is 0. The smallest absolute Gasteiger partial charge is 0.144 e. The molecule has 0 saturated heterocycles. The Morgan fingerprint density at radius 2 is 1.74 bits per heavy atom. The highest BCUT2D eigenvalue weighted by atomic mass is 79.9. The van der Waals surface area contributed by atoms with Crippen LogP contribution in [0.2, 0.25) is 0 Å². The number of hydrogen-bond donors (Lipinski definition) is 1. The van der Waals surface area contributed by atoms with Gasteiger partial charge in [-0.1, -0.05) is 12.2 Å². The molecule has 0 aliphatic carbocycles. The summed E-state index contributed by atoms with van der Waals surface area (Å²) in [6, 6.07) is 5.57. The molecule has 1 heterocycles. The highest BCUT2D eigenvalue weighted by Crippen LogP contribution is 2.28. The Labute approximate surface area is 124 Å². The molecule has 6 heteroatoms. The summed E-state index contributed by atoms with van der Waals surface area (Å²) in [5.41, 5.74) is 1.79. The fourth-order valence-corrected chi connectivity index (χ4v) is 2.08. The standard InChI is InChI=1S/C13H13BrN2O2S/c1-7-11(14)13(19)16-12(15-7)8-4-9(17-2)6-10(5-8)18-3/h4-6H,1-3H3,(H,15,16,19). The van der Waals surface area contributed by atoms with Gasteiger partial charge in [-0.2, -0.15) is 0 Å². The molecule has 0 amide bonds. The predicted octanol–water partition coefficient (Wildman–Crippen LogP) is 3.89. The van der Waals surface area contributed by atoms with Crippen LogP contribution in [0.25, 0.3) is 11.4 Å². The van der Waals surface area contributed by atoms with E-state index in [2.05, 4.69) is 25.9 Å². The van der Waals surface area contributed by atoms with E-state index >= 15 is 0 Å². The van der Waals surface area contributed by atoms with Crippen molar-refractivity contribution in [1.82, 2.24) is 9.97 Å². The highest BCUT2D eigenvalue weighted by molar-refractivity contribution is 9.10. The molecule has 0 spiro atoms. The normalized spacial score (nSPS) is 10.3. The summed E-state index contributed by atoms with van der Waals surface area (Å²) in [6.45, 7) is 1.93. The maximum Gasteiger partial charge on any atom is 0.144 e. The van der Waals surface area contributed by atoms with Gasteiger partial charge in [-0.25, -0.2) is 4.98 Å². The van der Waals surface area contributed by atoms with E-state index in [0.29, 0.717) is 22.0 Å². The van der Waals surface area contributed by atoms with Crippen LogP contribution in [0.5, 0.6) is 11.5 Å². The van der Waals surface area contributed by atoms with Gasteiger partial charge in [0, 0.05) is 17.3 Å². The van der Waals surface area contributed by atoms with Gasteiger partial charge in [-0.05, 0) is 35.0 Å². The molecule has 0 saturated carbocycles. The number of ether oxygens (including phenoxy) is 2. The van der Waals surface area contributed by atoms with Crippen molar-refractivity contribution in [3.63, 3.8) is 0 Å². The van der Waals surface area contributed by atoms with E-state index in [1.165, 1.54) is 0 Å². The van der Waals surface area contributed by atoms with Gasteiger partial charge in [0.25, 0.3) is 0 Å². The van der Waals surface area contributed by atoms with Gasteiger partial charge in [0.15, 0.2) is 0 Å². The summed E-state index contributed by atoms with van der Waals surface area (Å²) < 4.78 is 11.8. The first-order chi connectivity index (χ1) is 9.05. The zero-order valence-corrected chi connectivity index (χ0v) is 13.2. The van der Waals surface area contributed by atoms with Crippen LogP contribution in [0, 0.1) is 11.6 Å². The minimum absolute atomic E-state index is 0.521. The summed E-state index contributed by atoms with van der Waals surface area (Å²) in [5, 5.41) is 0. The molecule has 1 N–H and O–H groups in total. The lowest BCUT2D eigenvalue weighted by molar-refractivity contribution is 0.394. The van der Waals surface area contributed by atoms with Gasteiger partial charge >= 0.3 is 0 Å². The Morgan fingerprint density at radius 1 is 1.16 bits per heavy atom. The lowest BCUT2D eigenvalue weighted by Crippen LogP contribution is -1.96. The Morgan fingerprint density at radius 3 is 2.21 bits per heavy atom. The second-order valence-corrected chi connectivity index (χ2v) is 5.11. The fourth-order valence-electron chi connectivity index (χ4n) is 1.65. The maximum absolute atomic E-state index is 5.25. The molecule has 0 atom stereocenters. The van der Waals surface area contributed by atoms with E-state index in [4.69, 9.17) is 21.7 Å². The largest absolute Gasteiger partial charge is 0.497 e. The molecule has 2 aromatic rings. The van der Waals surface area contributed by atoms with E-state index in [-0.39, 0.29) is 0 Å². The summed E-state index contributed by atoms with van der Waals surface area (Å²) in [7, 11) is 3.22. The van der Waals surface area contributed by atoms with Crippen LogP contribution < -0.4 is 9.47 Å². The van der Waals surface area contributed by atoms with Crippen molar-refractivity contribution in [2.45, 2.75) is 6.92 Å². The molecular weight excluding hydrogens is 328 g/mol. The Kier molecular flexibility index (Phi) is 4.21. The lowest BCUT2D eigenvalue weighted by Gasteiger charge is -2.09. The fraction of sp³-hybridized carbons (Fsp3) is 0.231. The number of aromatic nitrogens is 2. The van der Waals surface area contributed by atoms with Crippen LogP contribution in [0.1, 0.15) is 5.69 Å². The molecule has 2 rings (SSSR count). The third kappa shape index (κ3) is 2.96. The van der Waals surface area contributed by atoms with Crippen molar-refractivity contribution in [1.29, 1.82) is 0 Å². The number of aromatic amines is 1. The Bertz CT molecular complexity index is 648. The second-order valence-electron chi connectivity index (χ2n) is 3.93. The number of aryl methyl sites for hydroxylation is 1. The van der Waals surface area contributed by atoms with E-state index in [0.717, 1.165) is 15.7 Å². The molecular formula is C13H13BrN2O2S. The number of halogens is 1. The van der Waals surface area contributed by atoms with Crippen molar-refractivity contribution in [2.75, 3.05) is 14.2 Å². The molecule has 0 aliphatic rings. The zero-order valence-electron chi connectivity index (χ0n) is 10.8. The van der Waals surface area contributed by atoms with Gasteiger partial charge in [-0.3, -0.25) is 0 Å². The molecule has 19 heavy (non-hydrogen) atoms. The molecule has 0 fully saturated rings. The number of hydrogen-bond acceptors (Lipinski definition) is 4. The molecule has 0 aliphatic heterocycles. The van der Waals surface area contributed by atoms with E-state index in [1.807, 2.05) is 25.1 Å². The number of methoxy groups -OCH3 is 2. The topological polar surface area (TPSA) is 47.1 Å². The Balaban J connectivity index is 2.61. The number of benzene rings is 1. The van der Waals surface area contributed by atoms with Crippen LogP contribution in [0.3, 0.4) is 0 Å². The molecule has 4 nitrogen and oxygen atoms in total. The number of nitrogens with one attached hydrogen (secondary N) is 1.